The smallest absolute Gasteiger partial charge is 0.237 e. The largest absolute Gasteiger partial charge is 0.392 e. The first-order valence-electron chi connectivity index (χ1n) is 7.52. The van der Waals surface area contributed by atoms with Crippen LogP contribution in [0.15, 0.2) is 30.3 Å². The number of β-amino-alcohol motifs (C(OH)–C–C–N with tert-alkyl or cyclic N) is 1. The van der Waals surface area contributed by atoms with Crippen LogP contribution in [-0.2, 0) is 9.53 Å². The van der Waals surface area contributed by atoms with E-state index in [0.717, 1.165) is 12.0 Å². The summed E-state index contributed by atoms with van der Waals surface area (Å²) in [6, 6.07) is 9.81. The van der Waals surface area contributed by atoms with Crippen molar-refractivity contribution in [2.75, 3.05) is 19.7 Å². The second-order valence-electron chi connectivity index (χ2n) is 5.42. The minimum absolute atomic E-state index is 0.0392. The van der Waals surface area contributed by atoms with Gasteiger partial charge in [-0.15, -0.1) is 0 Å². The summed E-state index contributed by atoms with van der Waals surface area (Å²) < 4.78 is 5.75. The summed E-state index contributed by atoms with van der Waals surface area (Å²) in [6.45, 7) is 3.72. The fourth-order valence-corrected chi connectivity index (χ4v) is 2.40. The predicted octanol–water partition coefficient (Wildman–Crippen LogP) is 0.993. The molecule has 0 bridgehead atoms. The Morgan fingerprint density at radius 2 is 2.24 bits per heavy atom. The van der Waals surface area contributed by atoms with Crippen molar-refractivity contribution in [1.82, 2.24) is 10.6 Å². The van der Waals surface area contributed by atoms with Crippen LogP contribution in [-0.4, -0.2) is 42.9 Å². The first-order chi connectivity index (χ1) is 10.2. The Bertz CT molecular complexity index is 438. The Balaban J connectivity index is 1.57. The van der Waals surface area contributed by atoms with Crippen molar-refractivity contribution >= 4 is 5.91 Å². The molecule has 1 fully saturated rings. The van der Waals surface area contributed by atoms with E-state index in [1.165, 1.54) is 0 Å². The fourth-order valence-electron chi connectivity index (χ4n) is 2.40. The molecule has 1 amide bonds. The number of benzene rings is 1. The average Bonchev–Trinajstić information content (AvgIpc) is 2.94. The number of hydrogen-bond acceptors (Lipinski definition) is 4. The molecule has 1 aliphatic heterocycles. The number of rotatable bonds is 7. The van der Waals surface area contributed by atoms with E-state index < -0.39 is 6.10 Å². The first-order valence-corrected chi connectivity index (χ1v) is 7.52. The molecule has 5 heteroatoms. The number of hydrogen-bond donors (Lipinski definition) is 3. The van der Waals surface area contributed by atoms with Gasteiger partial charge in [0.15, 0.2) is 0 Å². The number of amides is 1. The molecule has 0 spiro atoms. The lowest BCUT2D eigenvalue weighted by atomic mass is 10.1. The van der Waals surface area contributed by atoms with E-state index in [-0.39, 0.29) is 18.1 Å². The van der Waals surface area contributed by atoms with Crippen molar-refractivity contribution in [3.63, 3.8) is 0 Å². The molecule has 0 aromatic heterocycles. The van der Waals surface area contributed by atoms with Crippen molar-refractivity contribution in [3.8, 4) is 0 Å². The van der Waals surface area contributed by atoms with E-state index in [9.17, 15) is 9.90 Å². The van der Waals surface area contributed by atoms with Crippen LogP contribution in [0.1, 0.15) is 31.4 Å². The number of nitrogens with one attached hydrogen (secondary N) is 2. The molecule has 0 saturated carbocycles. The molecule has 1 saturated heterocycles. The molecule has 0 radical (unpaired) electrons. The van der Waals surface area contributed by atoms with Crippen LogP contribution in [0.2, 0.25) is 0 Å². The van der Waals surface area contributed by atoms with Gasteiger partial charge in [0, 0.05) is 19.7 Å². The van der Waals surface area contributed by atoms with Crippen molar-refractivity contribution in [3.05, 3.63) is 35.9 Å². The van der Waals surface area contributed by atoms with Crippen LogP contribution in [0.4, 0.5) is 0 Å². The Labute approximate surface area is 125 Å². The van der Waals surface area contributed by atoms with Gasteiger partial charge in [0.1, 0.15) is 0 Å². The molecule has 1 aromatic carbocycles. The van der Waals surface area contributed by atoms with Gasteiger partial charge in [0.05, 0.1) is 18.2 Å². The Hall–Kier alpha value is -1.43. The molecule has 0 unspecified atom stereocenters. The minimum atomic E-state index is -0.407. The molecular formula is C16H24N2O3. The average molecular weight is 292 g/mol. The third kappa shape index (κ3) is 5.12. The van der Waals surface area contributed by atoms with E-state index >= 15 is 0 Å². The van der Waals surface area contributed by atoms with Crippen LogP contribution in [0, 0.1) is 0 Å². The standard InChI is InChI=1S/C16H24N2O3/c1-12(13-6-3-2-4-7-13)21-9-5-8-17-16(20)15-10-14(19)11-18-15/h2-4,6-7,12,14-15,18-19H,5,8-11H2,1H3,(H,17,20)/t12-,14+,15+/m0/s1. The maximum atomic E-state index is 11.8. The molecular weight excluding hydrogens is 268 g/mol. The third-order valence-electron chi connectivity index (χ3n) is 3.68. The maximum Gasteiger partial charge on any atom is 0.237 e. The highest BCUT2D eigenvalue weighted by molar-refractivity contribution is 5.82. The summed E-state index contributed by atoms with van der Waals surface area (Å²) in [6.07, 6.45) is 0.926. The van der Waals surface area contributed by atoms with E-state index in [1.54, 1.807) is 0 Å². The van der Waals surface area contributed by atoms with Crippen molar-refractivity contribution in [2.45, 2.75) is 38.0 Å². The SMILES string of the molecule is C[C@H](OCCCNC(=O)[C@H]1C[C@@H](O)CN1)c1ccccc1. The monoisotopic (exact) mass is 292 g/mol. The van der Waals surface area contributed by atoms with E-state index in [4.69, 9.17) is 4.74 Å². The first kappa shape index (κ1) is 15.9. The minimum Gasteiger partial charge on any atom is -0.392 e. The van der Waals surface area contributed by atoms with E-state index in [2.05, 4.69) is 10.6 Å². The number of carbonyl (C=O) groups excluding carboxylic acids is 1. The van der Waals surface area contributed by atoms with Crippen LogP contribution in [0.5, 0.6) is 0 Å². The lowest BCUT2D eigenvalue weighted by molar-refractivity contribution is -0.123. The Morgan fingerprint density at radius 3 is 2.90 bits per heavy atom. The Morgan fingerprint density at radius 1 is 1.48 bits per heavy atom. The van der Waals surface area contributed by atoms with Gasteiger partial charge in [0.25, 0.3) is 0 Å². The summed E-state index contributed by atoms with van der Waals surface area (Å²) >= 11 is 0. The Kier molecular flexibility index (Phi) is 6.17. The zero-order valence-corrected chi connectivity index (χ0v) is 12.4. The van der Waals surface area contributed by atoms with Gasteiger partial charge >= 0.3 is 0 Å². The molecule has 2 rings (SSSR count). The predicted molar refractivity (Wildman–Crippen MR) is 80.9 cm³/mol. The molecule has 0 aliphatic carbocycles. The number of ether oxygens (including phenoxy) is 1. The molecule has 1 aromatic rings. The second kappa shape index (κ2) is 8.12. The zero-order chi connectivity index (χ0) is 15.1. The fraction of sp³-hybridized carbons (Fsp3) is 0.562. The van der Waals surface area contributed by atoms with Crippen LogP contribution in [0.3, 0.4) is 0 Å². The third-order valence-corrected chi connectivity index (χ3v) is 3.68. The molecule has 5 nitrogen and oxygen atoms in total. The summed E-state index contributed by atoms with van der Waals surface area (Å²) in [4.78, 5) is 11.8. The van der Waals surface area contributed by atoms with Crippen LogP contribution >= 0.6 is 0 Å². The molecule has 3 atom stereocenters. The van der Waals surface area contributed by atoms with Crippen LogP contribution in [0.25, 0.3) is 0 Å². The molecule has 116 valence electrons. The zero-order valence-electron chi connectivity index (χ0n) is 12.4. The van der Waals surface area contributed by atoms with Crippen molar-refractivity contribution in [1.29, 1.82) is 0 Å². The quantitative estimate of drug-likeness (QED) is 0.656. The normalized spacial score (nSPS) is 23.0. The van der Waals surface area contributed by atoms with Gasteiger partial charge < -0.3 is 20.5 Å². The molecule has 3 N–H and O–H groups in total. The van der Waals surface area contributed by atoms with Gasteiger partial charge in [0.2, 0.25) is 5.91 Å². The second-order valence-corrected chi connectivity index (χ2v) is 5.42. The van der Waals surface area contributed by atoms with Gasteiger partial charge in [-0.3, -0.25) is 4.79 Å². The van der Waals surface area contributed by atoms with E-state index in [1.807, 2.05) is 37.3 Å². The number of aliphatic hydroxyl groups excluding tert-OH is 1. The number of carbonyl (C=O) groups is 1. The summed E-state index contributed by atoms with van der Waals surface area (Å²) in [5.41, 5.74) is 1.16. The highest BCUT2D eigenvalue weighted by Crippen LogP contribution is 2.15. The lowest BCUT2D eigenvalue weighted by Gasteiger charge is -2.14. The van der Waals surface area contributed by atoms with Gasteiger partial charge in [-0.2, -0.15) is 0 Å². The van der Waals surface area contributed by atoms with Crippen LogP contribution < -0.4 is 10.6 Å². The molecule has 21 heavy (non-hydrogen) atoms. The van der Waals surface area contributed by atoms with Crippen molar-refractivity contribution < 1.29 is 14.6 Å². The van der Waals surface area contributed by atoms with E-state index in [0.29, 0.717) is 26.1 Å². The number of aliphatic hydroxyl groups is 1. The summed E-state index contributed by atoms with van der Waals surface area (Å²) in [7, 11) is 0. The summed E-state index contributed by atoms with van der Waals surface area (Å²) in [5.74, 6) is -0.0392. The highest BCUT2D eigenvalue weighted by atomic mass is 16.5. The topological polar surface area (TPSA) is 70.6 Å². The summed E-state index contributed by atoms with van der Waals surface area (Å²) in [5, 5.41) is 15.2. The van der Waals surface area contributed by atoms with Gasteiger partial charge in [-0.05, 0) is 25.3 Å². The molecule has 1 aliphatic rings. The van der Waals surface area contributed by atoms with Crippen molar-refractivity contribution in [2.24, 2.45) is 0 Å². The molecule has 1 heterocycles. The lowest BCUT2D eigenvalue weighted by Crippen LogP contribution is -2.40. The van der Waals surface area contributed by atoms with Gasteiger partial charge in [-0.1, -0.05) is 30.3 Å². The maximum absolute atomic E-state index is 11.8. The highest BCUT2D eigenvalue weighted by Gasteiger charge is 2.27. The van der Waals surface area contributed by atoms with Gasteiger partial charge in [-0.25, -0.2) is 0 Å².